The third kappa shape index (κ3) is 4.11. The van der Waals surface area contributed by atoms with Gasteiger partial charge in [0, 0.05) is 30.7 Å². The highest BCUT2D eigenvalue weighted by Crippen LogP contribution is 2.36. The molecule has 4 heterocycles. The van der Waals surface area contributed by atoms with Crippen molar-refractivity contribution in [3.8, 4) is 23.1 Å². The lowest BCUT2D eigenvalue weighted by molar-refractivity contribution is -0.126. The van der Waals surface area contributed by atoms with Crippen LogP contribution in [-0.4, -0.2) is 42.6 Å². The number of pyridine rings is 1. The van der Waals surface area contributed by atoms with E-state index in [-0.39, 0.29) is 23.3 Å². The molecule has 0 unspecified atom stereocenters. The van der Waals surface area contributed by atoms with Crippen LogP contribution >= 0.6 is 0 Å². The first-order chi connectivity index (χ1) is 17.5. The van der Waals surface area contributed by atoms with Gasteiger partial charge in [0.25, 0.3) is 11.8 Å². The first-order valence-electron chi connectivity index (χ1n) is 11.4. The fourth-order valence-corrected chi connectivity index (χ4v) is 4.45. The Morgan fingerprint density at radius 1 is 1.19 bits per heavy atom. The molecule has 0 radical (unpaired) electrons. The molecule has 4 aromatic rings. The predicted molar refractivity (Wildman–Crippen MR) is 132 cm³/mol. The Kier molecular flexibility index (Phi) is 6.04. The fourth-order valence-electron chi connectivity index (χ4n) is 4.45. The lowest BCUT2D eigenvalue weighted by Gasteiger charge is -2.21. The van der Waals surface area contributed by atoms with E-state index in [1.807, 2.05) is 0 Å². The number of hydrogen-bond acceptors (Lipinski definition) is 6. The molecule has 0 bridgehead atoms. The number of fused-ring (bicyclic) bond motifs is 1. The highest BCUT2D eigenvalue weighted by molar-refractivity contribution is 6.04. The lowest BCUT2D eigenvalue weighted by Crippen LogP contribution is -2.30. The van der Waals surface area contributed by atoms with Gasteiger partial charge < -0.3 is 16.0 Å². The van der Waals surface area contributed by atoms with Crippen LogP contribution in [0.1, 0.15) is 42.0 Å². The Morgan fingerprint density at radius 3 is 2.81 bits per heavy atom. The Bertz CT molecular complexity index is 1540. The van der Waals surface area contributed by atoms with E-state index in [4.69, 9.17) is 10.7 Å². The molecule has 1 aliphatic heterocycles. The second kappa shape index (κ2) is 9.46. The van der Waals surface area contributed by atoms with Crippen LogP contribution in [0.3, 0.4) is 0 Å². The van der Waals surface area contributed by atoms with E-state index in [0.29, 0.717) is 41.4 Å². The maximum absolute atomic E-state index is 15.1. The molecule has 0 saturated carbocycles. The van der Waals surface area contributed by atoms with E-state index in [9.17, 15) is 9.59 Å². The summed E-state index contributed by atoms with van der Waals surface area (Å²) in [5, 5.41) is 2.58. The van der Waals surface area contributed by atoms with Gasteiger partial charge in [-0.1, -0.05) is 18.1 Å². The van der Waals surface area contributed by atoms with Gasteiger partial charge in [0.15, 0.2) is 0 Å². The molecule has 9 nitrogen and oxygen atoms in total. The SMILES string of the molecule is CC#CC(=O)N1CCC[C@H]1c1nc(-c2ccc(C(=O)Nc3ccccn3)c(F)c2)c2c(N)nccn12. The predicted octanol–water partition coefficient (Wildman–Crippen LogP) is 3.45. The van der Waals surface area contributed by atoms with Gasteiger partial charge in [-0.05, 0) is 50.0 Å². The summed E-state index contributed by atoms with van der Waals surface area (Å²) in [7, 11) is 0. The molecular weight excluding hydrogens is 461 g/mol. The summed E-state index contributed by atoms with van der Waals surface area (Å²) in [6.07, 6.45) is 6.31. The quantitative estimate of drug-likeness (QED) is 0.429. The standard InChI is InChI=1S/C26H22FN7O2/c1-2-6-21(35)33-13-5-7-19(33)25-32-22(23-24(28)30-12-14-34(23)25)16-9-10-17(18(27)15-16)26(36)31-20-8-3-4-11-29-20/h3-4,8-12,14-15,19H,5,7,13H2,1H3,(H2,28,30)(H,29,31,36)/t19-/m0/s1. The maximum atomic E-state index is 15.1. The molecule has 3 N–H and O–H groups in total. The molecule has 1 atom stereocenters. The van der Waals surface area contributed by atoms with Crippen molar-refractivity contribution in [3.63, 3.8) is 0 Å². The molecular formula is C26H22FN7O2. The monoisotopic (exact) mass is 483 g/mol. The third-order valence-electron chi connectivity index (χ3n) is 6.05. The number of carbonyl (C=O) groups excluding carboxylic acids is 2. The van der Waals surface area contributed by atoms with Gasteiger partial charge in [-0.15, -0.1) is 0 Å². The summed E-state index contributed by atoms with van der Waals surface area (Å²) in [4.78, 5) is 39.9. The number of imidazole rings is 1. The van der Waals surface area contributed by atoms with Crippen LogP contribution in [0.4, 0.5) is 16.0 Å². The summed E-state index contributed by atoms with van der Waals surface area (Å²) >= 11 is 0. The third-order valence-corrected chi connectivity index (χ3v) is 6.05. The van der Waals surface area contributed by atoms with E-state index in [1.54, 1.807) is 52.9 Å². The zero-order chi connectivity index (χ0) is 25.2. The summed E-state index contributed by atoms with van der Waals surface area (Å²) in [6, 6.07) is 8.98. The van der Waals surface area contributed by atoms with Crippen LogP contribution in [0.15, 0.2) is 55.0 Å². The number of amides is 2. The Balaban J connectivity index is 1.54. The minimum Gasteiger partial charge on any atom is -0.382 e. The Morgan fingerprint density at radius 2 is 2.06 bits per heavy atom. The van der Waals surface area contributed by atoms with Gasteiger partial charge >= 0.3 is 0 Å². The molecule has 36 heavy (non-hydrogen) atoms. The van der Waals surface area contributed by atoms with Crippen molar-refractivity contribution in [1.29, 1.82) is 0 Å². The molecule has 1 aromatic carbocycles. The summed E-state index contributed by atoms with van der Waals surface area (Å²) in [5.41, 5.74) is 7.41. The molecule has 0 spiro atoms. The van der Waals surface area contributed by atoms with Crippen molar-refractivity contribution < 1.29 is 14.0 Å². The average Bonchev–Trinajstić information content (AvgIpc) is 3.50. The van der Waals surface area contributed by atoms with Crippen molar-refractivity contribution in [2.45, 2.75) is 25.8 Å². The van der Waals surface area contributed by atoms with Gasteiger partial charge in [0.05, 0.1) is 11.6 Å². The van der Waals surface area contributed by atoms with Crippen LogP contribution < -0.4 is 11.1 Å². The number of nitrogens with zero attached hydrogens (tertiary/aromatic N) is 5. The molecule has 10 heteroatoms. The number of carbonyl (C=O) groups is 2. The van der Waals surface area contributed by atoms with E-state index in [0.717, 1.165) is 6.42 Å². The van der Waals surface area contributed by atoms with E-state index in [2.05, 4.69) is 27.1 Å². The number of nitrogen functional groups attached to an aromatic ring is 1. The summed E-state index contributed by atoms with van der Waals surface area (Å²) in [5.74, 6) is 4.77. The van der Waals surface area contributed by atoms with Crippen LogP contribution in [0.5, 0.6) is 0 Å². The molecule has 5 rings (SSSR count). The van der Waals surface area contributed by atoms with Crippen molar-refractivity contribution in [2.75, 3.05) is 17.6 Å². The van der Waals surface area contributed by atoms with Gasteiger partial charge in [-0.25, -0.2) is 19.3 Å². The number of aromatic nitrogens is 4. The van der Waals surface area contributed by atoms with Crippen LogP contribution in [0.25, 0.3) is 16.8 Å². The lowest BCUT2D eigenvalue weighted by atomic mass is 10.1. The minimum atomic E-state index is -0.720. The smallest absolute Gasteiger partial charge is 0.299 e. The zero-order valence-corrected chi connectivity index (χ0v) is 19.4. The highest BCUT2D eigenvalue weighted by atomic mass is 19.1. The van der Waals surface area contributed by atoms with Crippen LogP contribution in [-0.2, 0) is 4.79 Å². The summed E-state index contributed by atoms with van der Waals surface area (Å²) < 4.78 is 16.9. The van der Waals surface area contributed by atoms with Crippen molar-refractivity contribution in [3.05, 3.63) is 72.2 Å². The molecule has 1 aliphatic rings. The van der Waals surface area contributed by atoms with Crippen LogP contribution in [0, 0.1) is 17.7 Å². The first-order valence-corrected chi connectivity index (χ1v) is 11.4. The Hall–Kier alpha value is -4.78. The van der Waals surface area contributed by atoms with Gasteiger partial charge in [-0.2, -0.15) is 0 Å². The molecule has 3 aromatic heterocycles. The minimum absolute atomic E-state index is 0.134. The molecule has 1 fully saturated rings. The van der Waals surface area contributed by atoms with E-state index >= 15 is 4.39 Å². The molecule has 180 valence electrons. The van der Waals surface area contributed by atoms with Crippen molar-refractivity contribution in [1.82, 2.24) is 24.3 Å². The van der Waals surface area contributed by atoms with Crippen molar-refractivity contribution in [2.24, 2.45) is 0 Å². The molecule has 1 saturated heterocycles. The number of rotatable bonds is 4. The van der Waals surface area contributed by atoms with Gasteiger partial charge in [-0.3, -0.25) is 14.0 Å². The number of likely N-dealkylation sites (tertiary alicyclic amines) is 1. The number of nitrogens with two attached hydrogens (primary N) is 1. The number of nitrogens with one attached hydrogen (secondary N) is 1. The average molecular weight is 484 g/mol. The van der Waals surface area contributed by atoms with E-state index in [1.165, 1.54) is 18.3 Å². The topological polar surface area (TPSA) is 119 Å². The fraction of sp³-hybridized carbons (Fsp3) is 0.192. The second-order valence-electron chi connectivity index (χ2n) is 8.25. The molecule has 2 amide bonds. The molecule has 0 aliphatic carbocycles. The van der Waals surface area contributed by atoms with Crippen LogP contribution in [0.2, 0.25) is 0 Å². The number of anilines is 2. The normalized spacial score (nSPS) is 14.9. The first kappa shape index (κ1) is 23.0. The number of hydrogen-bond donors (Lipinski definition) is 2. The van der Waals surface area contributed by atoms with Gasteiger partial charge in [0.2, 0.25) is 0 Å². The van der Waals surface area contributed by atoms with E-state index < -0.39 is 11.7 Å². The Labute approximate surface area is 206 Å². The second-order valence-corrected chi connectivity index (χ2v) is 8.25. The zero-order valence-electron chi connectivity index (χ0n) is 19.4. The largest absolute Gasteiger partial charge is 0.382 e. The maximum Gasteiger partial charge on any atom is 0.299 e. The van der Waals surface area contributed by atoms with Crippen molar-refractivity contribution >= 4 is 29.0 Å². The highest BCUT2D eigenvalue weighted by Gasteiger charge is 2.33. The number of benzene rings is 1. The summed E-state index contributed by atoms with van der Waals surface area (Å²) in [6.45, 7) is 2.19. The van der Waals surface area contributed by atoms with Gasteiger partial charge in [0.1, 0.15) is 34.5 Å². The number of halogens is 1.